The summed E-state index contributed by atoms with van der Waals surface area (Å²) >= 11 is 0. The number of unbranched alkanes of at least 4 members (excludes halogenated alkanes) is 5. The van der Waals surface area contributed by atoms with Crippen LogP contribution in [-0.4, -0.2) is 57.0 Å². The van der Waals surface area contributed by atoms with Crippen LogP contribution in [0.1, 0.15) is 51.9 Å². The average molecular weight is 442 g/mol. The van der Waals surface area contributed by atoms with Gasteiger partial charge in [-0.25, -0.2) is 4.39 Å². The lowest BCUT2D eigenvalue weighted by Crippen LogP contribution is -2.46. The second-order valence-electron chi connectivity index (χ2n) is 7.57. The van der Waals surface area contributed by atoms with Crippen LogP contribution in [0.5, 0.6) is 0 Å². The SMILES string of the molecule is CCCCCCCCOC1COC(C2=CCC(OC(F)(F)C(F)(F)CF)C=C2)OC1. The summed E-state index contributed by atoms with van der Waals surface area (Å²) in [7, 11) is 0. The van der Waals surface area contributed by atoms with Crippen LogP contribution in [-0.2, 0) is 18.9 Å². The highest BCUT2D eigenvalue weighted by molar-refractivity contribution is 5.27. The van der Waals surface area contributed by atoms with Crippen LogP contribution in [0.4, 0.5) is 22.0 Å². The van der Waals surface area contributed by atoms with Crippen molar-refractivity contribution < 1.29 is 40.9 Å². The molecule has 2 aliphatic rings. The van der Waals surface area contributed by atoms with E-state index in [1.165, 1.54) is 43.9 Å². The maximum Gasteiger partial charge on any atom is 0.422 e. The van der Waals surface area contributed by atoms with Crippen molar-refractivity contribution in [3.63, 3.8) is 0 Å². The van der Waals surface area contributed by atoms with E-state index < -0.39 is 31.1 Å². The van der Waals surface area contributed by atoms with Gasteiger partial charge in [-0.15, -0.1) is 0 Å². The summed E-state index contributed by atoms with van der Waals surface area (Å²) in [6, 6.07) is 0. The minimum atomic E-state index is -4.89. The molecule has 1 atom stereocenters. The van der Waals surface area contributed by atoms with E-state index in [9.17, 15) is 22.0 Å². The third-order valence-electron chi connectivity index (χ3n) is 4.97. The van der Waals surface area contributed by atoms with Gasteiger partial charge in [0.15, 0.2) is 13.0 Å². The number of ether oxygens (including phenoxy) is 4. The van der Waals surface area contributed by atoms with Crippen molar-refractivity contribution in [1.29, 1.82) is 0 Å². The summed E-state index contributed by atoms with van der Waals surface area (Å²) in [6.45, 7) is 1.01. The van der Waals surface area contributed by atoms with Crippen molar-refractivity contribution in [3.05, 3.63) is 23.8 Å². The Bertz CT molecular complexity index is 560. The molecule has 1 aliphatic carbocycles. The van der Waals surface area contributed by atoms with Gasteiger partial charge in [-0.3, -0.25) is 0 Å². The number of hydrogen-bond acceptors (Lipinski definition) is 4. The van der Waals surface area contributed by atoms with Crippen LogP contribution in [0.25, 0.3) is 0 Å². The van der Waals surface area contributed by atoms with Gasteiger partial charge in [-0.1, -0.05) is 57.3 Å². The van der Waals surface area contributed by atoms with E-state index in [4.69, 9.17) is 14.2 Å². The van der Waals surface area contributed by atoms with Gasteiger partial charge in [0.05, 0.1) is 19.3 Å². The molecule has 0 spiro atoms. The Hall–Kier alpha value is -1.03. The predicted octanol–water partition coefficient (Wildman–Crippen LogP) is 5.57. The lowest BCUT2D eigenvalue weighted by atomic mass is 10.0. The maximum atomic E-state index is 13.4. The first-order valence-electron chi connectivity index (χ1n) is 10.5. The molecule has 30 heavy (non-hydrogen) atoms. The molecule has 1 saturated heterocycles. The summed E-state index contributed by atoms with van der Waals surface area (Å²) in [5.74, 6) is -4.87. The molecule has 174 valence electrons. The third kappa shape index (κ3) is 7.59. The highest BCUT2D eigenvalue weighted by Gasteiger charge is 2.59. The normalized spacial score (nSPS) is 25.4. The summed E-state index contributed by atoms with van der Waals surface area (Å²) in [5, 5.41) is 0. The van der Waals surface area contributed by atoms with E-state index in [2.05, 4.69) is 11.7 Å². The minimum absolute atomic E-state index is 0.0784. The first-order valence-corrected chi connectivity index (χ1v) is 10.5. The fraction of sp³-hybridized carbons (Fsp3) is 0.810. The lowest BCUT2D eigenvalue weighted by molar-refractivity contribution is -0.358. The van der Waals surface area contributed by atoms with Gasteiger partial charge >= 0.3 is 12.0 Å². The second kappa shape index (κ2) is 12.1. The van der Waals surface area contributed by atoms with Gasteiger partial charge in [0, 0.05) is 12.2 Å². The topological polar surface area (TPSA) is 36.9 Å². The van der Waals surface area contributed by atoms with Gasteiger partial charge in [0.2, 0.25) is 0 Å². The molecule has 0 N–H and O–H groups in total. The van der Waals surface area contributed by atoms with Crippen molar-refractivity contribution in [2.45, 2.75) is 82.4 Å². The van der Waals surface area contributed by atoms with Crippen LogP contribution in [0.3, 0.4) is 0 Å². The van der Waals surface area contributed by atoms with Crippen LogP contribution in [0.2, 0.25) is 0 Å². The third-order valence-corrected chi connectivity index (χ3v) is 4.97. The molecule has 1 aliphatic heterocycles. The van der Waals surface area contributed by atoms with E-state index in [0.29, 0.717) is 25.4 Å². The molecule has 0 aromatic carbocycles. The van der Waals surface area contributed by atoms with E-state index in [0.717, 1.165) is 12.8 Å². The van der Waals surface area contributed by atoms with E-state index >= 15 is 0 Å². The summed E-state index contributed by atoms with van der Waals surface area (Å²) < 4.78 is 85.8. The van der Waals surface area contributed by atoms with Crippen LogP contribution in [0, 0.1) is 0 Å². The number of rotatable bonds is 13. The zero-order valence-corrected chi connectivity index (χ0v) is 17.3. The van der Waals surface area contributed by atoms with Crippen LogP contribution < -0.4 is 0 Å². The summed E-state index contributed by atoms with van der Waals surface area (Å²) in [5.41, 5.74) is 0.588. The standard InChI is InChI=1S/C21H31F5O4/c1-2-3-4-5-6-7-12-27-18-13-28-19(29-14-18)16-8-10-17(11-9-16)30-21(25,26)20(23,24)15-22/h8-10,17-19H,2-7,11-15H2,1H3. The molecular formula is C21H31F5O4. The molecule has 1 heterocycles. The number of hydrogen-bond donors (Lipinski definition) is 0. The first kappa shape index (κ1) is 25.2. The van der Waals surface area contributed by atoms with Crippen molar-refractivity contribution >= 4 is 0 Å². The largest absolute Gasteiger partial charge is 0.422 e. The lowest BCUT2D eigenvalue weighted by Gasteiger charge is -2.32. The Morgan fingerprint density at radius 2 is 1.70 bits per heavy atom. The fourth-order valence-corrected chi connectivity index (χ4v) is 3.14. The molecule has 1 fully saturated rings. The van der Waals surface area contributed by atoms with Crippen LogP contribution >= 0.6 is 0 Å². The van der Waals surface area contributed by atoms with Gasteiger partial charge in [-0.05, 0) is 12.8 Å². The quantitative estimate of drug-likeness (QED) is 0.276. The molecule has 0 radical (unpaired) electrons. The number of halogens is 5. The molecule has 0 aromatic rings. The zero-order valence-electron chi connectivity index (χ0n) is 17.3. The second-order valence-corrected chi connectivity index (χ2v) is 7.57. The highest BCUT2D eigenvalue weighted by Crippen LogP contribution is 2.38. The van der Waals surface area contributed by atoms with Gasteiger partial charge in [0.1, 0.15) is 6.10 Å². The molecule has 0 aromatic heterocycles. The molecule has 0 amide bonds. The van der Waals surface area contributed by atoms with E-state index in [-0.39, 0.29) is 12.5 Å². The smallest absolute Gasteiger partial charge is 0.373 e. The Labute approximate surface area is 174 Å². The Kier molecular flexibility index (Phi) is 10.2. The van der Waals surface area contributed by atoms with Crippen LogP contribution in [0.15, 0.2) is 23.8 Å². The predicted molar refractivity (Wildman–Crippen MR) is 101 cm³/mol. The van der Waals surface area contributed by atoms with Crippen molar-refractivity contribution in [3.8, 4) is 0 Å². The molecule has 0 saturated carbocycles. The minimum Gasteiger partial charge on any atom is -0.373 e. The summed E-state index contributed by atoms with van der Waals surface area (Å²) in [6.07, 6.45) is 4.13. The first-order chi connectivity index (χ1) is 14.3. The van der Waals surface area contributed by atoms with Gasteiger partial charge < -0.3 is 18.9 Å². The van der Waals surface area contributed by atoms with Crippen molar-refractivity contribution in [2.24, 2.45) is 0 Å². The van der Waals surface area contributed by atoms with E-state index in [1.807, 2.05) is 0 Å². The van der Waals surface area contributed by atoms with Crippen molar-refractivity contribution in [2.75, 3.05) is 26.5 Å². The molecule has 1 unspecified atom stereocenters. The Morgan fingerprint density at radius 1 is 1.03 bits per heavy atom. The Balaban J connectivity index is 1.66. The van der Waals surface area contributed by atoms with E-state index in [1.54, 1.807) is 0 Å². The monoisotopic (exact) mass is 442 g/mol. The van der Waals surface area contributed by atoms with Gasteiger partial charge in [-0.2, -0.15) is 17.6 Å². The average Bonchev–Trinajstić information content (AvgIpc) is 2.74. The van der Waals surface area contributed by atoms with Gasteiger partial charge in [0.25, 0.3) is 0 Å². The maximum absolute atomic E-state index is 13.4. The zero-order chi connectivity index (χ0) is 22.0. The fourth-order valence-electron chi connectivity index (χ4n) is 3.14. The number of alkyl halides is 5. The molecule has 0 bridgehead atoms. The highest BCUT2D eigenvalue weighted by atomic mass is 19.3. The Morgan fingerprint density at radius 3 is 2.30 bits per heavy atom. The van der Waals surface area contributed by atoms with Crippen molar-refractivity contribution in [1.82, 2.24) is 0 Å². The molecule has 2 rings (SSSR count). The molecule has 4 nitrogen and oxygen atoms in total. The molecular weight excluding hydrogens is 411 g/mol. The summed E-state index contributed by atoms with van der Waals surface area (Å²) in [4.78, 5) is 0. The molecule has 9 heteroatoms.